The Morgan fingerprint density at radius 3 is 2.67 bits per heavy atom. The number of Topliss-reactive ketones (excluding diaryl/α,β-unsaturated/α-hetero) is 1. The number of aromatic amines is 1. The van der Waals surface area contributed by atoms with Crippen LogP contribution in [-0.4, -0.2) is 43.9 Å². The molecule has 3 rings (SSSR count). The van der Waals surface area contributed by atoms with E-state index >= 15 is 0 Å². The summed E-state index contributed by atoms with van der Waals surface area (Å²) >= 11 is 0. The van der Waals surface area contributed by atoms with Gasteiger partial charge >= 0.3 is 5.97 Å². The van der Waals surface area contributed by atoms with Crippen molar-refractivity contribution in [3.8, 4) is 5.75 Å². The number of hydrogen-bond acceptors (Lipinski definition) is 5. The number of aromatic hydroxyl groups is 1. The number of rotatable bonds is 6. The highest BCUT2D eigenvalue weighted by Crippen LogP contribution is 2.19. The van der Waals surface area contributed by atoms with Crippen molar-refractivity contribution in [1.82, 2.24) is 15.3 Å². The number of benzene rings is 2. The lowest BCUT2D eigenvalue weighted by Gasteiger charge is -2.16. The van der Waals surface area contributed by atoms with Gasteiger partial charge in [-0.3, -0.25) is 9.59 Å². The van der Waals surface area contributed by atoms with Crippen LogP contribution in [0.3, 0.4) is 0 Å². The van der Waals surface area contributed by atoms with Crippen LogP contribution in [0.5, 0.6) is 5.75 Å². The second-order valence-corrected chi connectivity index (χ2v) is 6.10. The first-order valence-electron chi connectivity index (χ1n) is 8.15. The molecule has 3 aromatic rings. The van der Waals surface area contributed by atoms with Crippen molar-refractivity contribution in [2.45, 2.75) is 19.4 Å². The zero-order chi connectivity index (χ0) is 19.6. The van der Waals surface area contributed by atoms with Gasteiger partial charge in [-0.05, 0) is 42.8 Å². The number of carboxylic acid groups (broad SMARTS) is 1. The molecule has 1 amide bonds. The third kappa shape index (κ3) is 3.95. The summed E-state index contributed by atoms with van der Waals surface area (Å²) in [5.41, 5.74) is 2.28. The maximum absolute atomic E-state index is 12.5. The van der Waals surface area contributed by atoms with E-state index in [1.165, 1.54) is 31.5 Å². The van der Waals surface area contributed by atoms with Crippen molar-refractivity contribution in [3.63, 3.8) is 0 Å². The van der Waals surface area contributed by atoms with E-state index in [1.807, 2.05) is 0 Å². The van der Waals surface area contributed by atoms with Crippen molar-refractivity contribution in [2.75, 3.05) is 0 Å². The molecule has 0 aliphatic heterocycles. The molecule has 0 saturated carbocycles. The molecule has 8 nitrogen and oxygen atoms in total. The molecule has 27 heavy (non-hydrogen) atoms. The minimum atomic E-state index is -1.24. The number of carboxylic acids is 1. The molecule has 4 N–H and O–H groups in total. The van der Waals surface area contributed by atoms with Gasteiger partial charge in [-0.2, -0.15) is 0 Å². The fourth-order valence-corrected chi connectivity index (χ4v) is 2.81. The number of carbonyl (C=O) groups is 3. The van der Waals surface area contributed by atoms with Gasteiger partial charge in [-0.15, -0.1) is 0 Å². The van der Waals surface area contributed by atoms with Gasteiger partial charge in [0, 0.05) is 17.5 Å². The number of imidazole rings is 1. The number of nitrogens with zero attached hydrogens (tertiary/aromatic N) is 1. The summed E-state index contributed by atoms with van der Waals surface area (Å²) in [4.78, 5) is 42.8. The molecule has 0 spiro atoms. The lowest BCUT2D eigenvalue weighted by molar-refractivity contribution is -0.139. The van der Waals surface area contributed by atoms with Crippen LogP contribution in [0, 0.1) is 0 Å². The minimum Gasteiger partial charge on any atom is -0.508 e. The van der Waals surface area contributed by atoms with Crippen molar-refractivity contribution in [2.24, 2.45) is 0 Å². The molecule has 8 heteroatoms. The number of hydrogen-bond donors (Lipinski definition) is 4. The summed E-state index contributed by atoms with van der Waals surface area (Å²) in [5, 5.41) is 21.5. The number of amides is 1. The Morgan fingerprint density at radius 2 is 1.96 bits per heavy atom. The number of phenolic OH excluding ortho intramolecular Hbond substituents is 1. The number of carbonyl (C=O) groups excluding carboxylic acids is 2. The molecule has 138 valence electrons. The Kier molecular flexibility index (Phi) is 4.89. The fraction of sp³-hybridized carbons (Fsp3) is 0.158. The Balaban J connectivity index is 1.83. The third-order valence-electron chi connectivity index (χ3n) is 4.18. The molecule has 2 aromatic carbocycles. The van der Waals surface area contributed by atoms with E-state index in [1.54, 1.807) is 18.2 Å². The van der Waals surface area contributed by atoms with Crippen LogP contribution < -0.4 is 5.32 Å². The summed E-state index contributed by atoms with van der Waals surface area (Å²) in [5.74, 6) is -2.18. The number of fused-ring (bicyclic) bond motifs is 1. The first-order chi connectivity index (χ1) is 12.8. The lowest BCUT2D eigenvalue weighted by atomic mass is 9.97. The number of H-pyrrole nitrogens is 1. The Hall–Kier alpha value is -3.68. The summed E-state index contributed by atoms with van der Waals surface area (Å²) in [7, 11) is 0. The maximum Gasteiger partial charge on any atom is 0.326 e. The zero-order valence-corrected chi connectivity index (χ0v) is 14.4. The molecule has 0 aliphatic carbocycles. The van der Waals surface area contributed by atoms with Crippen LogP contribution in [-0.2, 0) is 11.2 Å². The topological polar surface area (TPSA) is 132 Å². The average molecular weight is 367 g/mol. The minimum absolute atomic E-state index is 0.0901. The van der Waals surface area contributed by atoms with Crippen molar-refractivity contribution in [1.29, 1.82) is 0 Å². The van der Waals surface area contributed by atoms with Crippen LogP contribution >= 0.6 is 0 Å². The average Bonchev–Trinajstić information content (AvgIpc) is 3.09. The molecule has 0 radical (unpaired) electrons. The molecule has 0 aliphatic rings. The highest BCUT2D eigenvalue weighted by molar-refractivity contribution is 5.99. The van der Waals surface area contributed by atoms with Gasteiger partial charge < -0.3 is 20.5 Å². The van der Waals surface area contributed by atoms with Crippen LogP contribution in [0.25, 0.3) is 11.0 Å². The predicted molar refractivity (Wildman–Crippen MR) is 96.8 cm³/mol. The van der Waals surface area contributed by atoms with Gasteiger partial charge in [0.15, 0.2) is 5.78 Å². The number of phenols is 1. The van der Waals surface area contributed by atoms with E-state index in [0.717, 1.165) is 0 Å². The zero-order valence-electron chi connectivity index (χ0n) is 14.4. The van der Waals surface area contributed by atoms with E-state index in [9.17, 15) is 24.6 Å². The molecule has 1 aromatic heterocycles. The second kappa shape index (κ2) is 7.28. The van der Waals surface area contributed by atoms with Crippen molar-refractivity contribution < 1.29 is 24.6 Å². The van der Waals surface area contributed by atoms with Gasteiger partial charge in [0.2, 0.25) is 0 Å². The van der Waals surface area contributed by atoms with E-state index in [2.05, 4.69) is 15.3 Å². The van der Waals surface area contributed by atoms with E-state index < -0.39 is 17.9 Å². The Bertz CT molecular complexity index is 1040. The predicted octanol–water partition coefficient (Wildman–Crippen LogP) is 1.90. The standard InChI is InChI=1S/C19H17N3O5/c1-10(23)14-8-13(24)4-2-11(14)6-17(19(26)27)22-18(25)12-3-5-15-16(7-12)21-9-20-15/h2-5,7-9,17,24H,6H2,1H3,(H,20,21)(H,22,25)(H,26,27)/t17-/m0/s1. The molecule has 1 atom stereocenters. The molecule has 0 bridgehead atoms. The summed E-state index contributed by atoms with van der Waals surface area (Å²) in [6, 6.07) is 7.68. The van der Waals surface area contributed by atoms with Crippen molar-refractivity contribution >= 4 is 28.7 Å². The Labute approximate surface area is 153 Å². The summed E-state index contributed by atoms with van der Waals surface area (Å²) < 4.78 is 0. The van der Waals surface area contributed by atoms with Crippen LogP contribution in [0.1, 0.15) is 33.2 Å². The largest absolute Gasteiger partial charge is 0.508 e. The highest BCUT2D eigenvalue weighted by atomic mass is 16.4. The highest BCUT2D eigenvalue weighted by Gasteiger charge is 2.23. The van der Waals surface area contributed by atoms with E-state index in [-0.39, 0.29) is 29.1 Å². The van der Waals surface area contributed by atoms with Gasteiger partial charge in [0.1, 0.15) is 11.8 Å². The Morgan fingerprint density at radius 1 is 1.19 bits per heavy atom. The van der Waals surface area contributed by atoms with Crippen LogP contribution in [0.4, 0.5) is 0 Å². The van der Waals surface area contributed by atoms with Crippen LogP contribution in [0.2, 0.25) is 0 Å². The number of nitrogens with one attached hydrogen (secondary N) is 2. The summed E-state index contributed by atoms with van der Waals surface area (Å²) in [6.07, 6.45) is 1.41. The summed E-state index contributed by atoms with van der Waals surface area (Å²) in [6.45, 7) is 1.33. The number of ketones is 1. The van der Waals surface area contributed by atoms with E-state index in [0.29, 0.717) is 16.6 Å². The normalized spacial score (nSPS) is 11.9. The monoisotopic (exact) mass is 367 g/mol. The third-order valence-corrected chi connectivity index (χ3v) is 4.18. The quantitative estimate of drug-likeness (QED) is 0.492. The molecule has 0 saturated heterocycles. The van der Waals surface area contributed by atoms with E-state index in [4.69, 9.17) is 0 Å². The van der Waals surface area contributed by atoms with Gasteiger partial charge in [-0.1, -0.05) is 6.07 Å². The molecule has 0 unspecified atom stereocenters. The van der Waals surface area contributed by atoms with Crippen molar-refractivity contribution in [3.05, 3.63) is 59.4 Å². The first-order valence-corrected chi connectivity index (χ1v) is 8.15. The number of aliphatic carboxylic acids is 1. The molecule has 0 fully saturated rings. The van der Waals surface area contributed by atoms with Gasteiger partial charge in [0.25, 0.3) is 5.91 Å². The van der Waals surface area contributed by atoms with Gasteiger partial charge in [-0.25, -0.2) is 9.78 Å². The molecular formula is C19H17N3O5. The number of aromatic nitrogens is 2. The maximum atomic E-state index is 12.5. The van der Waals surface area contributed by atoms with Gasteiger partial charge in [0.05, 0.1) is 17.4 Å². The smallest absolute Gasteiger partial charge is 0.326 e. The lowest BCUT2D eigenvalue weighted by Crippen LogP contribution is -2.42. The molecule has 1 heterocycles. The molecular weight excluding hydrogens is 350 g/mol. The first kappa shape index (κ1) is 18.1. The SMILES string of the molecule is CC(=O)c1cc(O)ccc1C[C@H](NC(=O)c1ccc2nc[nH]c2c1)C(=O)O. The second-order valence-electron chi connectivity index (χ2n) is 6.10. The fourth-order valence-electron chi connectivity index (χ4n) is 2.81. The van der Waals surface area contributed by atoms with Crippen LogP contribution in [0.15, 0.2) is 42.7 Å².